The van der Waals surface area contributed by atoms with Gasteiger partial charge in [-0.3, -0.25) is 43.3 Å². The summed E-state index contributed by atoms with van der Waals surface area (Å²) in [4.78, 5) is 132. The number of aliphatic imine (C=N–C) groups is 1. The minimum absolute atomic E-state index is 0.0160. The molecule has 22 nitrogen and oxygen atoms in total. The van der Waals surface area contributed by atoms with Crippen LogP contribution < -0.4 is 38.1 Å². The van der Waals surface area contributed by atoms with Crippen LogP contribution in [0.1, 0.15) is 118 Å². The summed E-state index contributed by atoms with van der Waals surface area (Å²) >= 11 is 0. The van der Waals surface area contributed by atoms with Gasteiger partial charge in [-0.1, -0.05) is 27.7 Å². The number of nitrogens with zero attached hydrogens (tertiary/aromatic N) is 5. The lowest BCUT2D eigenvalue weighted by molar-refractivity contribution is -0.148. The number of hydrogen-bond donors (Lipinski definition) is 8. The maximum Gasteiger partial charge on any atom is 0.326 e. The molecule has 0 radical (unpaired) electrons. The number of carboxylic acid groups (broad SMARTS) is 1. The highest BCUT2D eigenvalue weighted by Gasteiger charge is 2.46. The van der Waals surface area contributed by atoms with Crippen molar-refractivity contribution in [2.75, 3.05) is 45.8 Å². The predicted molar refractivity (Wildman–Crippen MR) is 245 cm³/mol. The highest BCUT2D eigenvalue weighted by molar-refractivity contribution is 5.98. The van der Waals surface area contributed by atoms with E-state index < -0.39 is 96.3 Å². The van der Waals surface area contributed by atoms with E-state index in [0.29, 0.717) is 77.3 Å². The summed E-state index contributed by atoms with van der Waals surface area (Å²) in [7, 11) is 0. The molecule has 5 fully saturated rings. The van der Waals surface area contributed by atoms with Crippen LogP contribution in [0.3, 0.4) is 0 Å². The number of rotatable bonds is 21. The van der Waals surface area contributed by atoms with Crippen molar-refractivity contribution in [3.63, 3.8) is 0 Å². The molecule has 0 saturated carbocycles. The molecule has 5 saturated heterocycles. The minimum atomic E-state index is -1.15. The van der Waals surface area contributed by atoms with Gasteiger partial charge in [-0.25, -0.2) is 4.79 Å². The van der Waals surface area contributed by atoms with E-state index in [4.69, 9.17) is 11.5 Å². The Hall–Kier alpha value is -5.54. The monoisotopic (exact) mass is 943 g/mol. The molecule has 8 atom stereocenters. The van der Waals surface area contributed by atoms with E-state index in [2.05, 4.69) is 31.6 Å². The van der Waals surface area contributed by atoms with Crippen molar-refractivity contribution in [1.29, 1.82) is 0 Å². The van der Waals surface area contributed by atoms with Crippen LogP contribution in [0.4, 0.5) is 0 Å². The lowest BCUT2D eigenvalue weighted by Gasteiger charge is -2.33. The first-order chi connectivity index (χ1) is 31.9. The Morgan fingerprint density at radius 1 is 0.627 bits per heavy atom. The number of aliphatic carboxylic acids is 1. The molecule has 8 amide bonds. The SMILES string of the molecule is CC(C)C[C@H](NC(=O)[C@@H]1CCCN1C(=O)[C@@H]1CCCN1C(=O)CNC(=O)[C@H](CC(C)C)NC(=O)[C@@H]1CCCN1C(=O)[C@@H]1CCCN1C(=O)[C@H](CCCN=C(N)N)NC(=O)[C@@H]1CCCN1)C(=O)O. The lowest BCUT2D eigenvalue weighted by atomic mass is 10.0. The van der Waals surface area contributed by atoms with Gasteiger partial charge >= 0.3 is 5.97 Å². The van der Waals surface area contributed by atoms with Crippen molar-refractivity contribution in [2.24, 2.45) is 28.3 Å². The number of hydrogen-bond acceptors (Lipinski definition) is 11. The fraction of sp³-hybridized carbons (Fsp3) is 0.778. The number of carbonyl (C=O) groups is 9. The molecule has 0 aromatic rings. The fourth-order valence-electron chi connectivity index (χ4n) is 10.1. The average molecular weight is 943 g/mol. The van der Waals surface area contributed by atoms with Gasteiger partial charge in [0, 0.05) is 32.7 Å². The molecule has 374 valence electrons. The highest BCUT2D eigenvalue weighted by atomic mass is 16.4. The Balaban J connectivity index is 1.18. The summed E-state index contributed by atoms with van der Waals surface area (Å²) in [6.07, 6.45) is 6.19. The van der Waals surface area contributed by atoms with Crippen molar-refractivity contribution in [1.82, 2.24) is 46.2 Å². The van der Waals surface area contributed by atoms with Crippen LogP contribution in [-0.2, 0) is 43.2 Å². The summed E-state index contributed by atoms with van der Waals surface area (Å²) in [5.41, 5.74) is 11.0. The number of carbonyl (C=O) groups excluding carboxylic acids is 8. The third-order valence-corrected chi connectivity index (χ3v) is 13.4. The zero-order valence-electron chi connectivity index (χ0n) is 39.6. The summed E-state index contributed by atoms with van der Waals surface area (Å²) < 4.78 is 0. The Bertz CT molecular complexity index is 1850. The fourth-order valence-corrected chi connectivity index (χ4v) is 10.1. The van der Waals surface area contributed by atoms with Gasteiger partial charge in [-0.2, -0.15) is 0 Å². The molecule has 10 N–H and O–H groups in total. The minimum Gasteiger partial charge on any atom is -0.480 e. The molecule has 5 aliphatic heterocycles. The molecule has 0 aromatic heterocycles. The topological polar surface area (TPSA) is 311 Å². The Morgan fingerprint density at radius 3 is 1.64 bits per heavy atom. The van der Waals surface area contributed by atoms with Gasteiger partial charge in [0.15, 0.2) is 5.96 Å². The molecule has 67 heavy (non-hydrogen) atoms. The van der Waals surface area contributed by atoms with Crippen molar-refractivity contribution in [2.45, 2.75) is 166 Å². The summed E-state index contributed by atoms with van der Waals surface area (Å²) in [6.45, 7) is 9.10. The van der Waals surface area contributed by atoms with Crippen LogP contribution in [0.5, 0.6) is 0 Å². The standard InChI is InChI=1S/C45H74N12O10/c1-26(2)23-30(37(59)50-25-36(58)54-19-9-15-34(54)42(64)55-20-8-14-33(55)40(62)53-31(44(66)67)24-27(3)4)52-39(61)32-13-7-21-56(32)43(65)35-16-10-22-57(35)41(63)29(12-6-18-49-45(46)47)51-38(60)28-11-5-17-48-28/h26-35,48H,5-25H2,1-4H3,(H,50,59)(H,51,60)(H,52,61)(H,53,62)(H,66,67)(H4,46,47,49)/t28-,29-,30-,31-,32-,33-,34-,35-/m0/s1. The smallest absolute Gasteiger partial charge is 0.326 e. The molecular weight excluding hydrogens is 869 g/mol. The molecule has 5 heterocycles. The van der Waals surface area contributed by atoms with Gasteiger partial charge < -0.3 is 62.8 Å². The number of likely N-dealkylation sites (tertiary alicyclic amines) is 4. The highest BCUT2D eigenvalue weighted by Crippen LogP contribution is 2.28. The predicted octanol–water partition coefficient (Wildman–Crippen LogP) is -1.50. The summed E-state index contributed by atoms with van der Waals surface area (Å²) in [6, 6.07) is -6.97. The molecule has 5 rings (SSSR count). The van der Waals surface area contributed by atoms with E-state index in [-0.39, 0.29) is 75.1 Å². The van der Waals surface area contributed by atoms with E-state index in [0.717, 1.165) is 6.42 Å². The largest absolute Gasteiger partial charge is 0.480 e. The Morgan fingerprint density at radius 2 is 1.12 bits per heavy atom. The summed E-state index contributed by atoms with van der Waals surface area (Å²) in [5, 5.41) is 23.8. The van der Waals surface area contributed by atoms with Gasteiger partial charge in [-0.15, -0.1) is 0 Å². The first-order valence-electron chi connectivity index (χ1n) is 24.3. The molecule has 0 spiro atoms. The Kier molecular flexibility index (Phi) is 19.1. The van der Waals surface area contributed by atoms with Crippen molar-refractivity contribution in [3.8, 4) is 0 Å². The van der Waals surface area contributed by atoms with E-state index in [9.17, 15) is 48.3 Å². The number of guanidine groups is 1. The van der Waals surface area contributed by atoms with Gasteiger partial charge in [0.2, 0.25) is 47.3 Å². The van der Waals surface area contributed by atoms with E-state index in [1.54, 1.807) is 0 Å². The summed E-state index contributed by atoms with van der Waals surface area (Å²) in [5.74, 6) is -4.92. The maximum atomic E-state index is 14.3. The van der Waals surface area contributed by atoms with Crippen LogP contribution in [0.25, 0.3) is 0 Å². The van der Waals surface area contributed by atoms with Gasteiger partial charge in [-0.05, 0) is 108 Å². The van der Waals surface area contributed by atoms with E-state index in [1.165, 1.54) is 19.6 Å². The second-order valence-corrected chi connectivity index (χ2v) is 19.4. The van der Waals surface area contributed by atoms with Gasteiger partial charge in [0.1, 0.15) is 42.3 Å². The first kappa shape index (κ1) is 52.4. The first-order valence-corrected chi connectivity index (χ1v) is 24.3. The quantitative estimate of drug-likeness (QED) is 0.0370. The Labute approximate surface area is 392 Å². The van der Waals surface area contributed by atoms with Crippen LogP contribution in [0, 0.1) is 11.8 Å². The van der Waals surface area contributed by atoms with E-state index >= 15 is 0 Å². The molecule has 0 aromatic carbocycles. The second kappa shape index (κ2) is 24.5. The molecule has 0 unspecified atom stereocenters. The van der Waals surface area contributed by atoms with Gasteiger partial charge in [0.05, 0.1) is 12.6 Å². The van der Waals surface area contributed by atoms with Crippen molar-refractivity contribution in [3.05, 3.63) is 0 Å². The number of carboxylic acids is 1. The zero-order chi connectivity index (χ0) is 48.9. The molecule has 0 bridgehead atoms. The molecule has 22 heteroatoms. The van der Waals surface area contributed by atoms with Crippen molar-refractivity contribution >= 4 is 59.2 Å². The third kappa shape index (κ3) is 14.0. The number of nitrogens with one attached hydrogen (secondary N) is 5. The molecular formula is C45H74N12O10. The third-order valence-electron chi connectivity index (χ3n) is 13.4. The molecule has 5 aliphatic rings. The van der Waals surface area contributed by atoms with Gasteiger partial charge in [0.25, 0.3) is 0 Å². The maximum absolute atomic E-state index is 14.3. The number of amides is 8. The number of nitrogens with two attached hydrogens (primary N) is 2. The average Bonchev–Trinajstić information content (AvgIpc) is 4.14. The van der Waals surface area contributed by atoms with Crippen LogP contribution in [-0.4, -0.2) is 178 Å². The second-order valence-electron chi connectivity index (χ2n) is 19.4. The van der Waals surface area contributed by atoms with E-state index in [1.807, 2.05) is 27.7 Å². The molecule has 0 aliphatic carbocycles. The van der Waals surface area contributed by atoms with Crippen LogP contribution >= 0.6 is 0 Å². The van der Waals surface area contributed by atoms with Crippen LogP contribution in [0.2, 0.25) is 0 Å². The lowest BCUT2D eigenvalue weighted by Crippen LogP contribution is -2.58. The van der Waals surface area contributed by atoms with Crippen LogP contribution in [0.15, 0.2) is 4.99 Å². The zero-order valence-corrected chi connectivity index (χ0v) is 39.6. The van der Waals surface area contributed by atoms with Crippen molar-refractivity contribution < 1.29 is 48.3 Å². The normalized spacial score (nSPS) is 24.1.